The van der Waals surface area contributed by atoms with Gasteiger partial charge in [-0.05, 0) is 37.6 Å². The molecule has 4 unspecified atom stereocenters. The van der Waals surface area contributed by atoms with Crippen LogP contribution in [0, 0.1) is 17.3 Å². The van der Waals surface area contributed by atoms with Gasteiger partial charge < -0.3 is 15.1 Å². The molecule has 1 aliphatic carbocycles. The lowest BCUT2D eigenvalue weighted by Gasteiger charge is -2.44. The molecule has 0 amide bonds. The Morgan fingerprint density at radius 3 is 2.67 bits per heavy atom. The lowest BCUT2D eigenvalue weighted by atomic mass is 9.70. The number of aliphatic hydroxyl groups excluding tert-OH is 2. The molecule has 2 aliphatic rings. The highest BCUT2D eigenvalue weighted by Gasteiger charge is 2.37. The topological polar surface area (TPSA) is 43.7 Å². The number of piperidine rings is 1. The summed E-state index contributed by atoms with van der Waals surface area (Å²) < 4.78 is 0. The Labute approximate surface area is 111 Å². The van der Waals surface area contributed by atoms with Crippen LogP contribution in [0.5, 0.6) is 0 Å². The molecule has 3 nitrogen and oxygen atoms in total. The average Bonchev–Trinajstić information content (AvgIpc) is 2.34. The summed E-state index contributed by atoms with van der Waals surface area (Å²) in [5.74, 6) is 1.16. The van der Waals surface area contributed by atoms with Crippen molar-refractivity contribution in [2.45, 2.75) is 52.1 Å². The van der Waals surface area contributed by atoms with E-state index in [1.807, 2.05) is 0 Å². The zero-order chi connectivity index (χ0) is 13.2. The summed E-state index contributed by atoms with van der Waals surface area (Å²) in [5, 5.41) is 19.8. The lowest BCUT2D eigenvalue weighted by Crippen LogP contribution is -2.49. The van der Waals surface area contributed by atoms with Gasteiger partial charge in [0.05, 0.1) is 6.10 Å². The molecule has 1 aliphatic heterocycles. The van der Waals surface area contributed by atoms with Crippen molar-refractivity contribution in [3.05, 3.63) is 0 Å². The van der Waals surface area contributed by atoms with Gasteiger partial charge in [-0.25, -0.2) is 0 Å². The molecule has 0 radical (unpaired) electrons. The van der Waals surface area contributed by atoms with Crippen LogP contribution in [0.1, 0.15) is 46.0 Å². The van der Waals surface area contributed by atoms with Gasteiger partial charge in [-0.15, -0.1) is 0 Å². The van der Waals surface area contributed by atoms with E-state index in [2.05, 4.69) is 18.7 Å². The van der Waals surface area contributed by atoms with Crippen LogP contribution in [0.3, 0.4) is 0 Å². The Morgan fingerprint density at radius 2 is 2.06 bits per heavy atom. The van der Waals surface area contributed by atoms with Crippen molar-refractivity contribution in [1.29, 1.82) is 0 Å². The number of hydrogen-bond acceptors (Lipinski definition) is 3. The smallest absolute Gasteiger partial charge is 0.0693 e. The highest BCUT2D eigenvalue weighted by atomic mass is 16.3. The molecule has 3 heteroatoms. The average molecular weight is 255 g/mol. The maximum absolute atomic E-state index is 9.98. The van der Waals surface area contributed by atoms with Crippen LogP contribution in [-0.2, 0) is 0 Å². The summed E-state index contributed by atoms with van der Waals surface area (Å²) in [7, 11) is 0. The molecule has 0 aromatic carbocycles. The van der Waals surface area contributed by atoms with E-state index in [4.69, 9.17) is 0 Å². The van der Waals surface area contributed by atoms with Crippen molar-refractivity contribution in [2.75, 3.05) is 26.2 Å². The molecule has 0 aromatic rings. The molecule has 0 spiro atoms. The molecular formula is C15H29NO2. The minimum absolute atomic E-state index is 0.0952. The van der Waals surface area contributed by atoms with Crippen LogP contribution < -0.4 is 0 Å². The second-order valence-corrected chi connectivity index (χ2v) is 6.93. The Hall–Kier alpha value is -0.120. The molecule has 18 heavy (non-hydrogen) atoms. The molecule has 2 N–H and O–H groups in total. The Kier molecular flexibility index (Phi) is 4.68. The number of β-amino-alcohol motifs (C(OH)–C–C–N with tert-alkyl or cyclic N) is 1. The van der Waals surface area contributed by atoms with Crippen molar-refractivity contribution >= 4 is 0 Å². The van der Waals surface area contributed by atoms with Crippen molar-refractivity contribution in [3.8, 4) is 0 Å². The van der Waals surface area contributed by atoms with Gasteiger partial charge in [0, 0.05) is 25.1 Å². The number of nitrogens with zero attached hydrogens (tertiary/aromatic N) is 1. The first-order valence-electron chi connectivity index (χ1n) is 7.56. The summed E-state index contributed by atoms with van der Waals surface area (Å²) in [6.07, 6.45) is 5.74. The van der Waals surface area contributed by atoms with Gasteiger partial charge in [0.2, 0.25) is 0 Å². The summed E-state index contributed by atoms with van der Waals surface area (Å²) >= 11 is 0. The van der Waals surface area contributed by atoms with Gasteiger partial charge in [0.1, 0.15) is 0 Å². The quantitative estimate of drug-likeness (QED) is 0.809. The van der Waals surface area contributed by atoms with Crippen molar-refractivity contribution < 1.29 is 10.2 Å². The fourth-order valence-corrected chi connectivity index (χ4v) is 3.84. The van der Waals surface area contributed by atoms with Gasteiger partial charge in [0.25, 0.3) is 0 Å². The zero-order valence-corrected chi connectivity index (χ0v) is 11.9. The number of hydrogen-bond donors (Lipinski definition) is 2. The number of aliphatic hydroxyl groups is 2. The standard InChI is InChI=1S/C15H29NO2/c1-12-4-3-6-15(8-12,11-17)10-16-7-5-13(2)14(18)9-16/h12-14,17-18H,3-11H2,1-2H3. The van der Waals surface area contributed by atoms with E-state index in [-0.39, 0.29) is 11.5 Å². The predicted octanol–water partition coefficient (Wildman–Crippen LogP) is 1.88. The molecule has 106 valence electrons. The first-order valence-corrected chi connectivity index (χ1v) is 7.56. The normalized spacial score (nSPS) is 43.0. The van der Waals surface area contributed by atoms with E-state index in [1.54, 1.807) is 0 Å². The third kappa shape index (κ3) is 3.25. The van der Waals surface area contributed by atoms with Gasteiger partial charge >= 0.3 is 0 Å². The number of likely N-dealkylation sites (tertiary alicyclic amines) is 1. The maximum atomic E-state index is 9.98. The van der Waals surface area contributed by atoms with E-state index >= 15 is 0 Å². The Balaban J connectivity index is 1.93. The summed E-state index contributed by atoms with van der Waals surface area (Å²) in [4.78, 5) is 2.37. The molecule has 2 fully saturated rings. The van der Waals surface area contributed by atoms with Crippen LogP contribution in [0.2, 0.25) is 0 Å². The van der Waals surface area contributed by atoms with Gasteiger partial charge in [0.15, 0.2) is 0 Å². The molecule has 1 saturated carbocycles. The minimum Gasteiger partial charge on any atom is -0.396 e. The molecular weight excluding hydrogens is 226 g/mol. The van der Waals surface area contributed by atoms with Crippen molar-refractivity contribution in [1.82, 2.24) is 4.90 Å². The highest BCUT2D eigenvalue weighted by molar-refractivity contribution is 4.89. The van der Waals surface area contributed by atoms with Gasteiger partial charge in [-0.1, -0.05) is 26.7 Å². The van der Waals surface area contributed by atoms with Gasteiger partial charge in [-0.2, -0.15) is 0 Å². The second-order valence-electron chi connectivity index (χ2n) is 6.93. The van der Waals surface area contributed by atoms with Crippen LogP contribution in [0.15, 0.2) is 0 Å². The minimum atomic E-state index is -0.185. The Morgan fingerprint density at radius 1 is 1.28 bits per heavy atom. The third-order valence-electron chi connectivity index (χ3n) is 5.08. The molecule has 0 aromatic heterocycles. The van der Waals surface area contributed by atoms with Crippen LogP contribution in [0.4, 0.5) is 0 Å². The summed E-state index contributed by atoms with van der Waals surface area (Å²) in [6.45, 7) is 7.58. The van der Waals surface area contributed by atoms with E-state index in [0.29, 0.717) is 12.5 Å². The third-order valence-corrected chi connectivity index (χ3v) is 5.08. The van der Waals surface area contributed by atoms with E-state index in [1.165, 1.54) is 12.8 Å². The predicted molar refractivity (Wildman–Crippen MR) is 73.4 cm³/mol. The Bertz CT molecular complexity index is 271. The maximum Gasteiger partial charge on any atom is 0.0693 e. The van der Waals surface area contributed by atoms with Crippen molar-refractivity contribution in [2.24, 2.45) is 17.3 Å². The molecule has 1 heterocycles. The monoisotopic (exact) mass is 255 g/mol. The second kappa shape index (κ2) is 5.89. The fraction of sp³-hybridized carbons (Fsp3) is 1.00. The van der Waals surface area contributed by atoms with E-state index in [9.17, 15) is 10.2 Å². The SMILES string of the molecule is CC1CCCC(CO)(CN2CCC(C)C(O)C2)C1. The molecule has 0 bridgehead atoms. The molecule has 2 rings (SSSR count). The van der Waals surface area contributed by atoms with Gasteiger partial charge in [-0.3, -0.25) is 0 Å². The first kappa shape index (κ1) is 14.3. The fourth-order valence-electron chi connectivity index (χ4n) is 3.84. The molecule has 4 atom stereocenters. The summed E-state index contributed by atoms with van der Waals surface area (Å²) in [6, 6.07) is 0. The largest absolute Gasteiger partial charge is 0.396 e. The van der Waals surface area contributed by atoms with Crippen LogP contribution >= 0.6 is 0 Å². The summed E-state index contributed by atoms with van der Waals surface area (Å²) in [5.41, 5.74) is 0.0952. The van der Waals surface area contributed by atoms with Crippen molar-refractivity contribution in [3.63, 3.8) is 0 Å². The first-order chi connectivity index (χ1) is 8.54. The number of rotatable bonds is 3. The molecule has 1 saturated heterocycles. The van der Waals surface area contributed by atoms with E-state index < -0.39 is 0 Å². The van der Waals surface area contributed by atoms with Crippen LogP contribution in [0.25, 0.3) is 0 Å². The van der Waals surface area contributed by atoms with E-state index in [0.717, 1.165) is 44.8 Å². The lowest BCUT2D eigenvalue weighted by molar-refractivity contribution is -0.0217. The zero-order valence-electron chi connectivity index (χ0n) is 11.9. The van der Waals surface area contributed by atoms with Crippen LogP contribution in [-0.4, -0.2) is 47.5 Å². The highest BCUT2D eigenvalue weighted by Crippen LogP contribution is 2.40.